The zero-order valence-electron chi connectivity index (χ0n) is 12.4. The standard InChI is InChI=1S/C16H26N2O/c1-11(2)16(19)15(18-12(3)4)9-13-5-7-14(10-17)8-6-13/h5-8,11-12,15,18H,9-10,17H2,1-4H3/t15-/m0/s1. The van der Waals surface area contributed by atoms with Crippen molar-refractivity contribution in [3.8, 4) is 0 Å². The quantitative estimate of drug-likeness (QED) is 0.792. The largest absolute Gasteiger partial charge is 0.326 e. The van der Waals surface area contributed by atoms with Crippen LogP contribution in [0.3, 0.4) is 0 Å². The second-order valence-electron chi connectivity index (χ2n) is 5.66. The third-order valence-electron chi connectivity index (χ3n) is 3.15. The monoisotopic (exact) mass is 262 g/mol. The maximum Gasteiger partial charge on any atom is 0.152 e. The predicted molar refractivity (Wildman–Crippen MR) is 79.9 cm³/mol. The third-order valence-corrected chi connectivity index (χ3v) is 3.15. The molecule has 0 fully saturated rings. The summed E-state index contributed by atoms with van der Waals surface area (Å²) in [6.45, 7) is 8.60. The van der Waals surface area contributed by atoms with Crippen molar-refractivity contribution in [3.05, 3.63) is 35.4 Å². The molecule has 3 heteroatoms. The van der Waals surface area contributed by atoms with Crippen molar-refractivity contribution in [2.75, 3.05) is 0 Å². The van der Waals surface area contributed by atoms with Crippen LogP contribution in [0.2, 0.25) is 0 Å². The smallest absolute Gasteiger partial charge is 0.152 e. The van der Waals surface area contributed by atoms with Crippen molar-refractivity contribution in [2.24, 2.45) is 11.7 Å². The number of Topliss-reactive ketones (excluding diaryl/α,β-unsaturated/α-hetero) is 1. The number of ketones is 1. The highest BCUT2D eigenvalue weighted by Crippen LogP contribution is 2.10. The van der Waals surface area contributed by atoms with Gasteiger partial charge in [-0.05, 0) is 17.5 Å². The summed E-state index contributed by atoms with van der Waals surface area (Å²) in [6, 6.07) is 8.37. The summed E-state index contributed by atoms with van der Waals surface area (Å²) in [4.78, 5) is 12.2. The molecule has 0 aliphatic heterocycles. The Morgan fingerprint density at radius 1 is 1.11 bits per heavy atom. The summed E-state index contributed by atoms with van der Waals surface area (Å²) < 4.78 is 0. The zero-order valence-corrected chi connectivity index (χ0v) is 12.4. The van der Waals surface area contributed by atoms with Gasteiger partial charge in [0.05, 0.1) is 6.04 Å². The number of nitrogens with two attached hydrogens (primary N) is 1. The number of rotatable bonds is 7. The van der Waals surface area contributed by atoms with Gasteiger partial charge in [0, 0.05) is 18.5 Å². The molecule has 0 amide bonds. The van der Waals surface area contributed by atoms with Gasteiger partial charge < -0.3 is 11.1 Å². The molecule has 19 heavy (non-hydrogen) atoms. The summed E-state index contributed by atoms with van der Waals surface area (Å²) in [7, 11) is 0. The number of carbonyl (C=O) groups is 1. The van der Waals surface area contributed by atoms with E-state index in [2.05, 4.69) is 31.3 Å². The molecule has 3 N–H and O–H groups in total. The van der Waals surface area contributed by atoms with Gasteiger partial charge in [0.25, 0.3) is 0 Å². The molecule has 0 unspecified atom stereocenters. The number of nitrogens with one attached hydrogen (secondary N) is 1. The molecule has 1 aromatic carbocycles. The molecule has 0 spiro atoms. The first-order chi connectivity index (χ1) is 8.93. The van der Waals surface area contributed by atoms with Gasteiger partial charge in [-0.1, -0.05) is 52.0 Å². The molecule has 0 aromatic heterocycles. The van der Waals surface area contributed by atoms with E-state index >= 15 is 0 Å². The van der Waals surface area contributed by atoms with E-state index in [1.807, 2.05) is 26.0 Å². The summed E-state index contributed by atoms with van der Waals surface area (Å²) in [5.74, 6) is 0.330. The van der Waals surface area contributed by atoms with E-state index in [1.165, 1.54) is 5.56 Å². The Bertz CT molecular complexity index is 396. The van der Waals surface area contributed by atoms with Crippen molar-refractivity contribution in [1.82, 2.24) is 5.32 Å². The van der Waals surface area contributed by atoms with Crippen LogP contribution < -0.4 is 11.1 Å². The van der Waals surface area contributed by atoms with E-state index in [0.29, 0.717) is 12.6 Å². The van der Waals surface area contributed by atoms with Crippen molar-refractivity contribution in [1.29, 1.82) is 0 Å². The Morgan fingerprint density at radius 2 is 1.63 bits per heavy atom. The van der Waals surface area contributed by atoms with Gasteiger partial charge in [-0.25, -0.2) is 0 Å². The van der Waals surface area contributed by atoms with Crippen LogP contribution in [0.25, 0.3) is 0 Å². The van der Waals surface area contributed by atoms with Crippen molar-refractivity contribution < 1.29 is 4.79 Å². The first-order valence-electron chi connectivity index (χ1n) is 7.01. The number of hydrogen-bond acceptors (Lipinski definition) is 3. The van der Waals surface area contributed by atoms with E-state index in [9.17, 15) is 4.79 Å². The van der Waals surface area contributed by atoms with Crippen molar-refractivity contribution in [3.63, 3.8) is 0 Å². The number of benzene rings is 1. The molecule has 1 atom stereocenters. The molecule has 0 heterocycles. The molecule has 3 nitrogen and oxygen atoms in total. The Morgan fingerprint density at radius 3 is 2.05 bits per heavy atom. The van der Waals surface area contributed by atoms with Gasteiger partial charge in [-0.15, -0.1) is 0 Å². The van der Waals surface area contributed by atoms with Gasteiger partial charge in [-0.2, -0.15) is 0 Å². The lowest BCUT2D eigenvalue weighted by atomic mass is 9.95. The van der Waals surface area contributed by atoms with Gasteiger partial charge >= 0.3 is 0 Å². The van der Waals surface area contributed by atoms with E-state index in [0.717, 1.165) is 12.0 Å². The van der Waals surface area contributed by atoms with E-state index in [1.54, 1.807) is 0 Å². The molecular weight excluding hydrogens is 236 g/mol. The molecular formula is C16H26N2O. The minimum Gasteiger partial charge on any atom is -0.326 e. The van der Waals surface area contributed by atoms with Crippen molar-refractivity contribution >= 4 is 5.78 Å². The maximum absolute atomic E-state index is 12.2. The Balaban J connectivity index is 2.78. The first-order valence-corrected chi connectivity index (χ1v) is 7.01. The second-order valence-corrected chi connectivity index (χ2v) is 5.66. The molecule has 0 aliphatic carbocycles. The van der Waals surface area contributed by atoms with Crippen LogP contribution >= 0.6 is 0 Å². The Hall–Kier alpha value is -1.19. The predicted octanol–water partition coefficient (Wildman–Crippen LogP) is 2.28. The number of hydrogen-bond donors (Lipinski definition) is 2. The molecule has 1 aromatic rings. The van der Waals surface area contributed by atoms with Gasteiger partial charge in [-0.3, -0.25) is 4.79 Å². The molecule has 0 saturated heterocycles. The summed E-state index contributed by atoms with van der Waals surface area (Å²) in [5, 5.41) is 3.36. The molecule has 0 bridgehead atoms. The van der Waals surface area contributed by atoms with Crippen LogP contribution in [0.15, 0.2) is 24.3 Å². The fourth-order valence-electron chi connectivity index (χ4n) is 2.09. The van der Waals surface area contributed by atoms with Crippen molar-refractivity contribution in [2.45, 2.75) is 52.7 Å². The first kappa shape index (κ1) is 15.9. The molecule has 106 valence electrons. The minimum absolute atomic E-state index is 0.0552. The highest BCUT2D eigenvalue weighted by molar-refractivity contribution is 5.86. The van der Waals surface area contributed by atoms with Gasteiger partial charge in [0.1, 0.15) is 0 Å². The van der Waals surface area contributed by atoms with Gasteiger partial charge in [0.2, 0.25) is 0 Å². The topological polar surface area (TPSA) is 55.1 Å². The highest BCUT2D eigenvalue weighted by Gasteiger charge is 2.21. The molecule has 0 aliphatic rings. The molecule has 1 rings (SSSR count). The fraction of sp³-hybridized carbons (Fsp3) is 0.562. The summed E-state index contributed by atoms with van der Waals surface area (Å²) >= 11 is 0. The fourth-order valence-corrected chi connectivity index (χ4v) is 2.09. The summed E-state index contributed by atoms with van der Waals surface area (Å²) in [6.07, 6.45) is 0.736. The summed E-state index contributed by atoms with van der Waals surface area (Å²) in [5.41, 5.74) is 7.88. The lowest BCUT2D eigenvalue weighted by Crippen LogP contribution is -2.44. The van der Waals surface area contributed by atoms with Crippen LogP contribution in [0.4, 0.5) is 0 Å². The minimum atomic E-state index is -0.108. The Kier molecular flexibility index (Phi) is 6.19. The van der Waals surface area contributed by atoms with Crippen LogP contribution in [0, 0.1) is 5.92 Å². The average molecular weight is 262 g/mol. The average Bonchev–Trinajstić information content (AvgIpc) is 2.37. The second kappa shape index (κ2) is 7.41. The number of carbonyl (C=O) groups excluding carboxylic acids is 1. The normalized spacial score (nSPS) is 13.0. The van der Waals surface area contributed by atoms with Crippen LogP contribution in [0.5, 0.6) is 0 Å². The lowest BCUT2D eigenvalue weighted by molar-refractivity contribution is -0.124. The third kappa shape index (κ3) is 5.13. The zero-order chi connectivity index (χ0) is 14.4. The van der Waals surface area contributed by atoms with Crippen LogP contribution in [-0.4, -0.2) is 17.9 Å². The Labute approximate surface area is 116 Å². The lowest BCUT2D eigenvalue weighted by Gasteiger charge is -2.22. The van der Waals surface area contributed by atoms with Crippen LogP contribution in [-0.2, 0) is 17.8 Å². The van der Waals surface area contributed by atoms with E-state index in [-0.39, 0.29) is 17.7 Å². The van der Waals surface area contributed by atoms with E-state index < -0.39 is 0 Å². The molecule has 0 radical (unpaired) electrons. The van der Waals surface area contributed by atoms with E-state index in [4.69, 9.17) is 5.73 Å². The maximum atomic E-state index is 12.2. The molecule has 0 saturated carbocycles. The van der Waals surface area contributed by atoms with Crippen LogP contribution in [0.1, 0.15) is 38.8 Å². The SMILES string of the molecule is CC(C)N[C@@H](Cc1ccc(CN)cc1)C(=O)C(C)C. The highest BCUT2D eigenvalue weighted by atomic mass is 16.1. The van der Waals surface area contributed by atoms with Gasteiger partial charge in [0.15, 0.2) is 5.78 Å².